The Morgan fingerprint density at radius 1 is 0.872 bits per heavy atom. The minimum absolute atomic E-state index is 0.0514. The van der Waals surface area contributed by atoms with Crippen LogP contribution in [0.2, 0.25) is 0 Å². The van der Waals surface area contributed by atoms with Crippen molar-refractivity contribution in [3.8, 4) is 23.0 Å². The number of rotatable bonds is 11. The zero-order chi connectivity index (χ0) is 33.0. The average Bonchev–Trinajstić information content (AvgIpc) is 3.54. The summed E-state index contributed by atoms with van der Waals surface area (Å²) in [5.74, 6) is 3.33. The number of hydrogen-bond acceptors (Lipinski definition) is 7. The van der Waals surface area contributed by atoms with Crippen LogP contribution in [0.3, 0.4) is 0 Å². The van der Waals surface area contributed by atoms with Crippen LogP contribution in [0.25, 0.3) is 0 Å². The molecule has 0 aromatic heterocycles. The minimum Gasteiger partial charge on any atom is -0.494 e. The van der Waals surface area contributed by atoms with E-state index in [0.29, 0.717) is 65.2 Å². The predicted octanol–water partition coefficient (Wildman–Crippen LogP) is 5.91. The van der Waals surface area contributed by atoms with Gasteiger partial charge in [-0.1, -0.05) is 30.3 Å². The van der Waals surface area contributed by atoms with E-state index in [4.69, 9.17) is 18.9 Å². The first-order valence-electron chi connectivity index (χ1n) is 17.0. The predicted molar refractivity (Wildman–Crippen MR) is 182 cm³/mol. The van der Waals surface area contributed by atoms with Gasteiger partial charge in [-0.2, -0.15) is 0 Å². The number of ether oxygens (including phenoxy) is 4. The topological polar surface area (TPSA) is 89.6 Å². The summed E-state index contributed by atoms with van der Waals surface area (Å²) in [7, 11) is 0. The maximum Gasteiger partial charge on any atom is 0.234 e. The summed E-state index contributed by atoms with van der Waals surface area (Å²) >= 11 is 0. The maximum atomic E-state index is 13.8. The minimum atomic E-state index is 0.0514. The highest BCUT2D eigenvalue weighted by atomic mass is 16.7. The Labute approximate surface area is 279 Å². The quantitative estimate of drug-likeness (QED) is 0.278. The van der Waals surface area contributed by atoms with Gasteiger partial charge in [0, 0.05) is 44.2 Å². The summed E-state index contributed by atoms with van der Waals surface area (Å²) in [6.45, 7) is 10.4. The molecular weight excluding hydrogens is 594 g/mol. The molecule has 9 heteroatoms. The van der Waals surface area contributed by atoms with Gasteiger partial charge in [0.2, 0.25) is 18.6 Å². The second-order valence-electron chi connectivity index (χ2n) is 12.5. The van der Waals surface area contributed by atoms with Crippen molar-refractivity contribution in [2.75, 3.05) is 39.6 Å². The standard InChI is InChI=1S/C38H49N3O6/c1-4-44-33-13-8-31(9-14-33)24-40(20-18-30-11-16-35-36(23-30)47-27-46-35)38(43)17-12-29-10-15-34-32(22-29)25-41(28(2)3)26-37(42)39-19-6-5-7-21-45-34/h8-11,13-16,22-23,28H,4-7,12,17-21,24-27H2,1-3H3,(H,39,42). The highest BCUT2D eigenvalue weighted by Crippen LogP contribution is 2.33. The van der Waals surface area contributed by atoms with Crippen molar-refractivity contribution in [3.05, 3.63) is 82.9 Å². The largest absolute Gasteiger partial charge is 0.494 e. The molecule has 0 radical (unpaired) electrons. The first kappa shape index (κ1) is 34.1. The van der Waals surface area contributed by atoms with E-state index in [1.807, 2.05) is 60.4 Å². The van der Waals surface area contributed by atoms with Crippen LogP contribution >= 0.6 is 0 Å². The van der Waals surface area contributed by atoms with E-state index in [2.05, 4.69) is 36.2 Å². The third-order valence-corrected chi connectivity index (χ3v) is 8.67. The van der Waals surface area contributed by atoms with Gasteiger partial charge in [0.15, 0.2) is 11.5 Å². The van der Waals surface area contributed by atoms with Crippen molar-refractivity contribution in [3.63, 3.8) is 0 Å². The Bertz CT molecular complexity index is 1470. The Balaban J connectivity index is 1.29. The lowest BCUT2D eigenvalue weighted by atomic mass is 10.0. The molecule has 0 bridgehead atoms. The summed E-state index contributed by atoms with van der Waals surface area (Å²) in [6, 6.07) is 20.4. The van der Waals surface area contributed by atoms with Gasteiger partial charge in [-0.3, -0.25) is 14.5 Å². The third-order valence-electron chi connectivity index (χ3n) is 8.67. The fourth-order valence-electron chi connectivity index (χ4n) is 5.89. The van der Waals surface area contributed by atoms with Crippen LogP contribution in [0, 0.1) is 0 Å². The second kappa shape index (κ2) is 17.1. The van der Waals surface area contributed by atoms with E-state index >= 15 is 0 Å². The normalized spacial score (nSPS) is 15.4. The molecule has 47 heavy (non-hydrogen) atoms. The van der Waals surface area contributed by atoms with Crippen LogP contribution in [-0.2, 0) is 35.5 Å². The van der Waals surface area contributed by atoms with E-state index in [9.17, 15) is 9.59 Å². The number of fused-ring (bicyclic) bond motifs is 2. The van der Waals surface area contributed by atoms with E-state index in [0.717, 1.165) is 64.5 Å². The van der Waals surface area contributed by atoms with Gasteiger partial charge >= 0.3 is 0 Å². The van der Waals surface area contributed by atoms with Gasteiger partial charge in [0.05, 0.1) is 19.8 Å². The highest BCUT2D eigenvalue weighted by Gasteiger charge is 2.20. The molecular formula is C38H49N3O6. The van der Waals surface area contributed by atoms with Crippen molar-refractivity contribution >= 4 is 11.8 Å². The van der Waals surface area contributed by atoms with Gasteiger partial charge in [-0.15, -0.1) is 0 Å². The zero-order valence-corrected chi connectivity index (χ0v) is 28.1. The lowest BCUT2D eigenvalue weighted by Gasteiger charge is -2.27. The summed E-state index contributed by atoms with van der Waals surface area (Å²) in [4.78, 5) is 30.6. The number of hydrogen-bond donors (Lipinski definition) is 1. The van der Waals surface area contributed by atoms with Crippen LogP contribution in [-0.4, -0.2) is 67.3 Å². The van der Waals surface area contributed by atoms with Gasteiger partial charge in [0.25, 0.3) is 0 Å². The average molecular weight is 644 g/mol. The second-order valence-corrected chi connectivity index (χ2v) is 12.5. The molecule has 0 saturated heterocycles. The lowest BCUT2D eigenvalue weighted by molar-refractivity contribution is -0.131. The van der Waals surface area contributed by atoms with Gasteiger partial charge in [-0.05, 0) is 99.9 Å². The van der Waals surface area contributed by atoms with Crippen LogP contribution in [0.5, 0.6) is 23.0 Å². The van der Waals surface area contributed by atoms with E-state index in [-0.39, 0.29) is 24.6 Å². The smallest absolute Gasteiger partial charge is 0.234 e. The third kappa shape index (κ3) is 10.1. The van der Waals surface area contributed by atoms with Crippen molar-refractivity contribution in [1.29, 1.82) is 0 Å². The lowest BCUT2D eigenvalue weighted by Crippen LogP contribution is -2.40. The van der Waals surface area contributed by atoms with Crippen LogP contribution in [0.4, 0.5) is 0 Å². The van der Waals surface area contributed by atoms with E-state index < -0.39 is 0 Å². The van der Waals surface area contributed by atoms with Crippen LogP contribution < -0.4 is 24.3 Å². The van der Waals surface area contributed by atoms with Crippen molar-refractivity contribution in [2.45, 2.75) is 78.4 Å². The van der Waals surface area contributed by atoms with E-state index in [1.54, 1.807) is 0 Å². The molecule has 0 fully saturated rings. The molecule has 0 aliphatic carbocycles. The molecule has 0 unspecified atom stereocenters. The molecule has 1 N–H and O–H groups in total. The number of amides is 2. The number of carbonyl (C=O) groups is 2. The Morgan fingerprint density at radius 3 is 2.40 bits per heavy atom. The van der Waals surface area contributed by atoms with Gasteiger partial charge in [-0.25, -0.2) is 0 Å². The number of nitrogens with zero attached hydrogens (tertiary/aromatic N) is 2. The Kier molecular flexibility index (Phi) is 12.4. The summed E-state index contributed by atoms with van der Waals surface area (Å²) in [5, 5.41) is 3.06. The monoisotopic (exact) mass is 643 g/mol. The van der Waals surface area contributed by atoms with E-state index in [1.165, 1.54) is 0 Å². The molecule has 2 heterocycles. The summed E-state index contributed by atoms with van der Waals surface area (Å²) in [5.41, 5.74) is 4.27. The number of nitrogens with one attached hydrogen (secondary N) is 1. The molecule has 0 saturated carbocycles. The zero-order valence-electron chi connectivity index (χ0n) is 28.1. The highest BCUT2D eigenvalue weighted by molar-refractivity contribution is 5.78. The molecule has 9 nitrogen and oxygen atoms in total. The van der Waals surface area contributed by atoms with Crippen molar-refractivity contribution in [2.24, 2.45) is 0 Å². The molecule has 2 aliphatic heterocycles. The fourth-order valence-corrected chi connectivity index (χ4v) is 5.89. The van der Waals surface area contributed by atoms with Crippen molar-refractivity contribution < 1.29 is 28.5 Å². The van der Waals surface area contributed by atoms with Gasteiger partial charge < -0.3 is 29.2 Å². The van der Waals surface area contributed by atoms with Crippen LogP contribution in [0.15, 0.2) is 60.7 Å². The van der Waals surface area contributed by atoms with Crippen LogP contribution in [0.1, 0.15) is 68.7 Å². The summed E-state index contributed by atoms with van der Waals surface area (Å²) < 4.78 is 22.9. The number of carbonyl (C=O) groups excluding carboxylic acids is 2. The first-order valence-corrected chi connectivity index (χ1v) is 17.0. The molecule has 3 aromatic rings. The fraction of sp³-hybridized carbons (Fsp3) is 0.474. The summed E-state index contributed by atoms with van der Waals surface area (Å²) in [6.07, 6.45) is 4.59. The molecule has 2 amide bonds. The van der Waals surface area contributed by atoms with Crippen molar-refractivity contribution in [1.82, 2.24) is 15.1 Å². The molecule has 3 aromatic carbocycles. The molecule has 0 atom stereocenters. The van der Waals surface area contributed by atoms with Gasteiger partial charge in [0.1, 0.15) is 11.5 Å². The maximum absolute atomic E-state index is 13.8. The first-order chi connectivity index (χ1) is 22.9. The molecule has 5 rings (SSSR count). The Morgan fingerprint density at radius 2 is 1.62 bits per heavy atom. The SMILES string of the molecule is CCOc1ccc(CN(CCc2ccc3c(c2)OCO3)C(=O)CCc2ccc3c(c2)CN(C(C)C)CC(=O)NCCCCCO3)cc1. The Hall–Kier alpha value is -4.24. The number of aryl methyl sites for hydroxylation is 1. The number of benzene rings is 3. The molecule has 2 aliphatic rings. The molecule has 0 spiro atoms. The molecule has 252 valence electrons.